The van der Waals surface area contributed by atoms with E-state index in [1.807, 2.05) is 18.2 Å². The van der Waals surface area contributed by atoms with E-state index in [-0.39, 0.29) is 18.4 Å². The van der Waals surface area contributed by atoms with Crippen molar-refractivity contribution in [2.24, 2.45) is 5.92 Å². The van der Waals surface area contributed by atoms with Gasteiger partial charge in [0.05, 0.1) is 0 Å². The summed E-state index contributed by atoms with van der Waals surface area (Å²) in [4.78, 5) is 10.7. The molecule has 0 heterocycles. The van der Waals surface area contributed by atoms with Crippen LogP contribution in [0.5, 0.6) is 0 Å². The number of nitrogens with one attached hydrogen (secondary N) is 1. The normalized spacial score (nSPS) is 13.8. The molecule has 0 saturated heterocycles. The van der Waals surface area contributed by atoms with E-state index in [4.69, 9.17) is 5.11 Å². The van der Waals surface area contributed by atoms with Gasteiger partial charge in [-0.3, -0.25) is 4.79 Å². The summed E-state index contributed by atoms with van der Waals surface area (Å²) in [6.45, 7) is 6.45. The summed E-state index contributed by atoms with van der Waals surface area (Å²) in [6, 6.07) is 10.4. The number of hydrogen-bond acceptors (Lipinski definition) is 2. The van der Waals surface area contributed by atoms with Crippen molar-refractivity contribution in [2.45, 2.75) is 25.8 Å². The molecule has 2 unspecified atom stereocenters. The predicted octanol–water partition coefficient (Wildman–Crippen LogP) is 3.00. The van der Waals surface area contributed by atoms with Gasteiger partial charge < -0.3 is 10.4 Å². The first kappa shape index (κ1) is 14.5. The number of rotatable bonds is 8. The molecule has 1 rings (SSSR count). The van der Waals surface area contributed by atoms with Crippen molar-refractivity contribution in [1.82, 2.24) is 5.32 Å². The van der Waals surface area contributed by atoms with Crippen molar-refractivity contribution in [3.05, 3.63) is 48.6 Å². The summed E-state index contributed by atoms with van der Waals surface area (Å²) in [5, 5.41) is 12.2. The molecule has 3 nitrogen and oxygen atoms in total. The van der Waals surface area contributed by atoms with Crippen LogP contribution in [0.15, 0.2) is 43.0 Å². The van der Waals surface area contributed by atoms with Crippen LogP contribution in [-0.4, -0.2) is 17.6 Å². The van der Waals surface area contributed by atoms with Crippen LogP contribution in [0, 0.1) is 5.92 Å². The molecule has 0 aromatic heterocycles. The van der Waals surface area contributed by atoms with Crippen molar-refractivity contribution in [2.75, 3.05) is 6.54 Å². The van der Waals surface area contributed by atoms with Gasteiger partial charge in [0.25, 0.3) is 0 Å². The minimum absolute atomic E-state index is 0.103. The predicted molar refractivity (Wildman–Crippen MR) is 73.4 cm³/mol. The molecule has 0 aliphatic rings. The SMILES string of the molecule is C=CCC(CNC(C)c1ccccc1)CC(=O)O. The Kier molecular flexibility index (Phi) is 6.15. The Balaban J connectivity index is 2.46. The van der Waals surface area contributed by atoms with Gasteiger partial charge in [-0.1, -0.05) is 36.4 Å². The van der Waals surface area contributed by atoms with E-state index in [1.165, 1.54) is 5.56 Å². The zero-order valence-corrected chi connectivity index (χ0v) is 10.8. The summed E-state index contributed by atoms with van der Waals surface area (Å²) < 4.78 is 0. The first-order valence-electron chi connectivity index (χ1n) is 6.24. The summed E-state index contributed by atoms with van der Waals surface area (Å²) in [5.41, 5.74) is 1.21. The topological polar surface area (TPSA) is 49.3 Å². The number of hydrogen-bond donors (Lipinski definition) is 2. The molecule has 0 fully saturated rings. The molecule has 0 bridgehead atoms. The molecule has 0 radical (unpaired) electrons. The minimum atomic E-state index is -0.754. The number of carbonyl (C=O) groups is 1. The zero-order chi connectivity index (χ0) is 13.4. The van der Waals surface area contributed by atoms with Crippen LogP contribution < -0.4 is 5.32 Å². The lowest BCUT2D eigenvalue weighted by Crippen LogP contribution is -2.27. The van der Waals surface area contributed by atoms with Crippen molar-refractivity contribution in [1.29, 1.82) is 0 Å². The zero-order valence-electron chi connectivity index (χ0n) is 10.8. The van der Waals surface area contributed by atoms with Gasteiger partial charge in [0.15, 0.2) is 0 Å². The van der Waals surface area contributed by atoms with Crippen LogP contribution in [0.1, 0.15) is 31.4 Å². The average molecular weight is 247 g/mol. The molecule has 0 aliphatic heterocycles. The highest BCUT2D eigenvalue weighted by molar-refractivity contribution is 5.67. The lowest BCUT2D eigenvalue weighted by Gasteiger charge is -2.19. The number of carboxylic acids is 1. The molecule has 18 heavy (non-hydrogen) atoms. The van der Waals surface area contributed by atoms with Gasteiger partial charge in [-0.2, -0.15) is 0 Å². The molecule has 2 N–H and O–H groups in total. The van der Waals surface area contributed by atoms with Crippen LogP contribution in [0.2, 0.25) is 0 Å². The summed E-state index contributed by atoms with van der Waals surface area (Å²) >= 11 is 0. The van der Waals surface area contributed by atoms with E-state index in [9.17, 15) is 4.79 Å². The molecule has 0 aliphatic carbocycles. The molecule has 2 atom stereocenters. The standard InChI is InChI=1S/C15H21NO2/c1-3-7-13(10-15(17)18)11-16-12(2)14-8-5-4-6-9-14/h3-6,8-9,12-13,16H,1,7,10-11H2,2H3,(H,17,18). The monoisotopic (exact) mass is 247 g/mol. The molecule has 98 valence electrons. The van der Waals surface area contributed by atoms with Crippen LogP contribution in [0.25, 0.3) is 0 Å². The van der Waals surface area contributed by atoms with Gasteiger partial charge in [0, 0.05) is 12.5 Å². The van der Waals surface area contributed by atoms with Crippen LogP contribution in [0.3, 0.4) is 0 Å². The number of benzene rings is 1. The number of allylic oxidation sites excluding steroid dienone is 1. The molecule has 0 amide bonds. The summed E-state index contributed by atoms with van der Waals surface area (Å²) in [7, 11) is 0. The molecule has 0 saturated carbocycles. The van der Waals surface area contributed by atoms with E-state index in [0.29, 0.717) is 6.54 Å². The second kappa shape index (κ2) is 7.67. The van der Waals surface area contributed by atoms with Crippen molar-refractivity contribution < 1.29 is 9.90 Å². The Morgan fingerprint density at radius 3 is 2.67 bits per heavy atom. The Morgan fingerprint density at radius 1 is 1.44 bits per heavy atom. The maximum atomic E-state index is 10.7. The number of aliphatic carboxylic acids is 1. The Labute approximate surface area is 109 Å². The van der Waals surface area contributed by atoms with E-state index in [0.717, 1.165) is 6.42 Å². The third-order valence-electron chi connectivity index (χ3n) is 2.98. The van der Waals surface area contributed by atoms with Gasteiger partial charge in [-0.15, -0.1) is 6.58 Å². The van der Waals surface area contributed by atoms with Crippen molar-refractivity contribution in [3.8, 4) is 0 Å². The minimum Gasteiger partial charge on any atom is -0.481 e. The lowest BCUT2D eigenvalue weighted by molar-refractivity contribution is -0.138. The van der Waals surface area contributed by atoms with E-state index >= 15 is 0 Å². The molecule has 3 heteroatoms. The fraction of sp³-hybridized carbons (Fsp3) is 0.400. The summed E-state index contributed by atoms with van der Waals surface area (Å²) in [5.74, 6) is -0.651. The first-order chi connectivity index (χ1) is 8.63. The first-order valence-corrected chi connectivity index (χ1v) is 6.24. The third-order valence-corrected chi connectivity index (χ3v) is 2.98. The van der Waals surface area contributed by atoms with Gasteiger partial charge in [0.1, 0.15) is 0 Å². The fourth-order valence-electron chi connectivity index (χ4n) is 1.92. The smallest absolute Gasteiger partial charge is 0.303 e. The van der Waals surface area contributed by atoms with Crippen molar-refractivity contribution in [3.63, 3.8) is 0 Å². The molecule has 1 aromatic carbocycles. The third kappa shape index (κ3) is 5.15. The van der Waals surface area contributed by atoms with Gasteiger partial charge >= 0.3 is 5.97 Å². The maximum absolute atomic E-state index is 10.7. The van der Waals surface area contributed by atoms with Gasteiger partial charge in [-0.25, -0.2) is 0 Å². The van der Waals surface area contributed by atoms with E-state index in [2.05, 4.69) is 31.0 Å². The highest BCUT2D eigenvalue weighted by atomic mass is 16.4. The average Bonchev–Trinajstić information content (AvgIpc) is 2.36. The maximum Gasteiger partial charge on any atom is 0.303 e. The highest BCUT2D eigenvalue weighted by Crippen LogP contribution is 2.14. The van der Waals surface area contributed by atoms with Gasteiger partial charge in [0.2, 0.25) is 0 Å². The Bertz CT molecular complexity index is 375. The van der Waals surface area contributed by atoms with Crippen LogP contribution in [-0.2, 0) is 4.79 Å². The molecule has 1 aromatic rings. The lowest BCUT2D eigenvalue weighted by atomic mass is 10.0. The second-order valence-electron chi connectivity index (χ2n) is 4.53. The largest absolute Gasteiger partial charge is 0.481 e. The summed E-state index contributed by atoms with van der Waals surface area (Å²) in [6.07, 6.45) is 2.68. The second-order valence-corrected chi connectivity index (χ2v) is 4.53. The van der Waals surface area contributed by atoms with E-state index in [1.54, 1.807) is 6.08 Å². The Morgan fingerprint density at radius 2 is 2.11 bits per heavy atom. The van der Waals surface area contributed by atoms with E-state index < -0.39 is 5.97 Å². The van der Waals surface area contributed by atoms with Gasteiger partial charge in [-0.05, 0) is 31.4 Å². The molecule has 0 spiro atoms. The van der Waals surface area contributed by atoms with Crippen LogP contribution >= 0.6 is 0 Å². The fourth-order valence-corrected chi connectivity index (χ4v) is 1.92. The van der Waals surface area contributed by atoms with Crippen molar-refractivity contribution >= 4 is 5.97 Å². The quantitative estimate of drug-likeness (QED) is 0.694. The Hall–Kier alpha value is -1.61. The number of carboxylic acid groups (broad SMARTS) is 1. The molecular formula is C15H21NO2. The highest BCUT2D eigenvalue weighted by Gasteiger charge is 2.13. The molecular weight excluding hydrogens is 226 g/mol. The van der Waals surface area contributed by atoms with Crippen LogP contribution in [0.4, 0.5) is 0 Å².